The SMILES string of the molecule is CCCCN(CCO)c1ncc([N+](=O)[O-])cc1C#N. The second kappa shape index (κ2) is 7.28. The first-order chi connectivity index (χ1) is 9.13. The van der Waals surface area contributed by atoms with E-state index in [1.165, 1.54) is 6.07 Å². The Hall–Kier alpha value is -2.20. The summed E-state index contributed by atoms with van der Waals surface area (Å²) in [5.74, 6) is 0.385. The number of nitriles is 1. The first-order valence-electron chi connectivity index (χ1n) is 6.04. The normalized spacial score (nSPS) is 9.95. The largest absolute Gasteiger partial charge is 0.395 e. The molecule has 1 N–H and O–H groups in total. The van der Waals surface area contributed by atoms with Gasteiger partial charge in [-0.1, -0.05) is 13.3 Å². The van der Waals surface area contributed by atoms with Gasteiger partial charge in [-0.15, -0.1) is 0 Å². The van der Waals surface area contributed by atoms with Crippen LogP contribution in [-0.4, -0.2) is 34.7 Å². The lowest BCUT2D eigenvalue weighted by Gasteiger charge is -2.23. The average Bonchev–Trinajstić information content (AvgIpc) is 2.42. The molecular weight excluding hydrogens is 248 g/mol. The zero-order valence-corrected chi connectivity index (χ0v) is 10.7. The van der Waals surface area contributed by atoms with Crippen LogP contribution in [-0.2, 0) is 0 Å². The molecule has 0 spiro atoms. The van der Waals surface area contributed by atoms with Crippen molar-refractivity contribution in [1.82, 2.24) is 4.98 Å². The van der Waals surface area contributed by atoms with Gasteiger partial charge in [-0.2, -0.15) is 5.26 Å². The lowest BCUT2D eigenvalue weighted by Crippen LogP contribution is -2.29. The van der Waals surface area contributed by atoms with Crippen molar-refractivity contribution in [3.63, 3.8) is 0 Å². The number of unbranched alkanes of at least 4 members (excludes halogenated alkanes) is 1. The number of hydrogen-bond donors (Lipinski definition) is 1. The van der Waals surface area contributed by atoms with Crippen LogP contribution in [0.1, 0.15) is 25.3 Å². The van der Waals surface area contributed by atoms with Gasteiger partial charge in [0.05, 0.1) is 11.5 Å². The molecule has 0 aromatic carbocycles. The molecule has 1 rings (SSSR count). The first-order valence-corrected chi connectivity index (χ1v) is 6.04. The Morgan fingerprint density at radius 2 is 2.32 bits per heavy atom. The van der Waals surface area contributed by atoms with Crippen molar-refractivity contribution in [2.45, 2.75) is 19.8 Å². The monoisotopic (exact) mass is 264 g/mol. The van der Waals surface area contributed by atoms with Gasteiger partial charge in [0.15, 0.2) is 0 Å². The minimum absolute atomic E-state index is 0.0623. The Kier molecular flexibility index (Phi) is 5.70. The first kappa shape index (κ1) is 14.9. The topological polar surface area (TPSA) is 103 Å². The highest BCUT2D eigenvalue weighted by molar-refractivity contribution is 5.57. The van der Waals surface area contributed by atoms with Crippen molar-refractivity contribution in [2.24, 2.45) is 0 Å². The molecule has 19 heavy (non-hydrogen) atoms. The molecule has 0 aliphatic carbocycles. The number of pyridine rings is 1. The zero-order valence-electron chi connectivity index (χ0n) is 10.7. The van der Waals surface area contributed by atoms with E-state index < -0.39 is 4.92 Å². The van der Waals surface area contributed by atoms with Gasteiger partial charge < -0.3 is 10.0 Å². The Morgan fingerprint density at radius 3 is 2.84 bits per heavy atom. The summed E-state index contributed by atoms with van der Waals surface area (Å²) in [6.45, 7) is 2.97. The third kappa shape index (κ3) is 3.89. The van der Waals surface area contributed by atoms with E-state index in [9.17, 15) is 10.1 Å². The molecule has 0 fully saturated rings. The number of aliphatic hydroxyl groups excluding tert-OH is 1. The van der Waals surface area contributed by atoms with E-state index in [2.05, 4.69) is 4.98 Å². The number of aliphatic hydroxyl groups is 1. The number of anilines is 1. The molecule has 1 aromatic heterocycles. The van der Waals surface area contributed by atoms with Crippen LogP contribution < -0.4 is 4.90 Å². The third-order valence-electron chi connectivity index (χ3n) is 2.63. The predicted octanol–water partition coefficient (Wildman–Crippen LogP) is 1.46. The molecule has 0 aliphatic rings. The summed E-state index contributed by atoms with van der Waals surface area (Å²) in [7, 11) is 0. The van der Waals surface area contributed by atoms with Crippen LogP contribution in [0, 0.1) is 21.4 Å². The summed E-state index contributed by atoms with van der Waals surface area (Å²) in [4.78, 5) is 15.8. The van der Waals surface area contributed by atoms with Gasteiger partial charge >= 0.3 is 0 Å². The standard InChI is InChI=1S/C12H16N4O3/c1-2-3-4-15(5-6-17)12-10(8-13)7-11(9-14-12)16(18)19/h7,9,17H,2-6H2,1H3. The highest BCUT2D eigenvalue weighted by Gasteiger charge is 2.16. The number of aromatic nitrogens is 1. The van der Waals surface area contributed by atoms with Gasteiger partial charge in [-0.3, -0.25) is 10.1 Å². The molecule has 1 heterocycles. The minimum Gasteiger partial charge on any atom is -0.395 e. The van der Waals surface area contributed by atoms with E-state index in [0.717, 1.165) is 19.0 Å². The fraction of sp³-hybridized carbons (Fsp3) is 0.500. The van der Waals surface area contributed by atoms with Crippen molar-refractivity contribution in [1.29, 1.82) is 5.26 Å². The van der Waals surface area contributed by atoms with Crippen LogP contribution in [0.5, 0.6) is 0 Å². The van der Waals surface area contributed by atoms with E-state index in [1.807, 2.05) is 13.0 Å². The molecule has 0 radical (unpaired) electrons. The van der Waals surface area contributed by atoms with Crippen LogP contribution in [0.4, 0.5) is 11.5 Å². The van der Waals surface area contributed by atoms with E-state index in [4.69, 9.17) is 10.4 Å². The van der Waals surface area contributed by atoms with Gasteiger partial charge in [-0.25, -0.2) is 4.98 Å². The number of nitrogens with zero attached hydrogens (tertiary/aromatic N) is 4. The van der Waals surface area contributed by atoms with Crippen LogP contribution in [0.2, 0.25) is 0 Å². The second-order valence-corrected chi connectivity index (χ2v) is 4.00. The maximum absolute atomic E-state index is 10.7. The number of nitro groups is 1. The van der Waals surface area contributed by atoms with Gasteiger partial charge in [-0.05, 0) is 6.42 Å². The van der Waals surface area contributed by atoms with Crippen molar-refractivity contribution in [3.05, 3.63) is 27.9 Å². The smallest absolute Gasteiger partial charge is 0.289 e. The van der Waals surface area contributed by atoms with E-state index in [1.54, 1.807) is 4.90 Å². The average molecular weight is 264 g/mol. The Morgan fingerprint density at radius 1 is 1.58 bits per heavy atom. The summed E-state index contributed by atoms with van der Waals surface area (Å²) >= 11 is 0. The molecule has 7 nitrogen and oxygen atoms in total. The highest BCUT2D eigenvalue weighted by atomic mass is 16.6. The molecule has 0 saturated heterocycles. The van der Waals surface area contributed by atoms with Crippen LogP contribution in [0.15, 0.2) is 12.3 Å². The lowest BCUT2D eigenvalue weighted by molar-refractivity contribution is -0.385. The zero-order chi connectivity index (χ0) is 14.3. The third-order valence-corrected chi connectivity index (χ3v) is 2.63. The molecule has 102 valence electrons. The van der Waals surface area contributed by atoms with Gasteiger partial charge in [0, 0.05) is 19.2 Å². The van der Waals surface area contributed by atoms with Gasteiger partial charge in [0.1, 0.15) is 23.6 Å². The Bertz CT molecular complexity index is 484. The highest BCUT2D eigenvalue weighted by Crippen LogP contribution is 2.22. The van der Waals surface area contributed by atoms with E-state index in [-0.39, 0.29) is 17.9 Å². The second-order valence-electron chi connectivity index (χ2n) is 4.00. The summed E-state index contributed by atoms with van der Waals surface area (Å²) in [5.41, 5.74) is -0.0570. The molecule has 0 aliphatic heterocycles. The van der Waals surface area contributed by atoms with Gasteiger partial charge in [0.25, 0.3) is 5.69 Å². The van der Waals surface area contributed by atoms with Crippen molar-refractivity contribution >= 4 is 11.5 Å². The van der Waals surface area contributed by atoms with Crippen molar-refractivity contribution in [2.75, 3.05) is 24.6 Å². The van der Waals surface area contributed by atoms with E-state index >= 15 is 0 Å². The Labute approximate surface area is 111 Å². The quantitative estimate of drug-likeness (QED) is 0.590. The molecular formula is C12H16N4O3. The summed E-state index contributed by atoms with van der Waals surface area (Å²) < 4.78 is 0. The lowest BCUT2D eigenvalue weighted by atomic mass is 10.2. The fourth-order valence-electron chi connectivity index (χ4n) is 1.67. The van der Waals surface area contributed by atoms with Crippen LogP contribution in [0.3, 0.4) is 0 Å². The molecule has 0 atom stereocenters. The van der Waals surface area contributed by atoms with E-state index in [0.29, 0.717) is 18.9 Å². The summed E-state index contributed by atoms with van der Waals surface area (Å²) in [6, 6.07) is 3.12. The summed E-state index contributed by atoms with van der Waals surface area (Å²) in [6.07, 6.45) is 2.99. The van der Waals surface area contributed by atoms with Crippen LogP contribution >= 0.6 is 0 Å². The minimum atomic E-state index is -0.583. The van der Waals surface area contributed by atoms with Gasteiger partial charge in [0.2, 0.25) is 0 Å². The van der Waals surface area contributed by atoms with Crippen LogP contribution in [0.25, 0.3) is 0 Å². The molecule has 0 bridgehead atoms. The predicted molar refractivity (Wildman–Crippen MR) is 69.8 cm³/mol. The Balaban J connectivity index is 3.08. The molecule has 0 unspecified atom stereocenters. The summed E-state index contributed by atoms with van der Waals surface area (Å²) in [5, 5.41) is 28.8. The molecule has 7 heteroatoms. The van der Waals surface area contributed by atoms with Crippen molar-refractivity contribution < 1.29 is 10.0 Å². The maximum atomic E-state index is 10.7. The molecule has 0 saturated carbocycles. The fourth-order valence-corrected chi connectivity index (χ4v) is 1.67. The molecule has 0 amide bonds. The number of rotatable bonds is 7. The maximum Gasteiger partial charge on any atom is 0.289 e. The van der Waals surface area contributed by atoms with Crippen molar-refractivity contribution in [3.8, 4) is 6.07 Å². The molecule has 1 aromatic rings. The number of hydrogen-bond acceptors (Lipinski definition) is 6.